The molecule has 96 valence electrons. The maximum Gasteiger partial charge on any atom is 0.159 e. The Morgan fingerprint density at radius 1 is 1.35 bits per heavy atom. The van der Waals surface area contributed by atoms with Gasteiger partial charge in [-0.25, -0.2) is 4.39 Å². The molecular formula is C13H19FO3. The Morgan fingerprint density at radius 2 is 1.94 bits per heavy atom. The predicted molar refractivity (Wildman–Crippen MR) is 63.1 cm³/mol. The fourth-order valence-electron chi connectivity index (χ4n) is 1.63. The van der Waals surface area contributed by atoms with E-state index in [1.54, 1.807) is 26.0 Å². The summed E-state index contributed by atoms with van der Waals surface area (Å²) in [4.78, 5) is 0. The van der Waals surface area contributed by atoms with Crippen LogP contribution in [0.2, 0.25) is 0 Å². The monoisotopic (exact) mass is 242 g/mol. The van der Waals surface area contributed by atoms with Crippen LogP contribution < -0.4 is 0 Å². The molecule has 0 amide bonds. The molecule has 0 radical (unpaired) electrons. The summed E-state index contributed by atoms with van der Waals surface area (Å²) in [5.74, 6) is -0.325. The van der Waals surface area contributed by atoms with Gasteiger partial charge in [-0.05, 0) is 31.0 Å². The van der Waals surface area contributed by atoms with Gasteiger partial charge in [0.15, 0.2) is 6.29 Å². The molecule has 0 saturated carbocycles. The first-order valence-corrected chi connectivity index (χ1v) is 5.45. The lowest BCUT2D eigenvalue weighted by molar-refractivity contribution is -0.142. The minimum atomic E-state index is -1.19. The highest BCUT2D eigenvalue weighted by Gasteiger charge is 2.28. The van der Waals surface area contributed by atoms with E-state index in [1.807, 2.05) is 0 Å². The van der Waals surface area contributed by atoms with Gasteiger partial charge in [-0.15, -0.1) is 0 Å². The second-order valence-corrected chi connectivity index (χ2v) is 4.34. The first-order valence-electron chi connectivity index (χ1n) is 5.45. The summed E-state index contributed by atoms with van der Waals surface area (Å²) >= 11 is 0. The van der Waals surface area contributed by atoms with Crippen LogP contribution in [0.25, 0.3) is 0 Å². The Hall–Kier alpha value is -0.970. The second kappa shape index (κ2) is 5.58. The molecule has 0 heterocycles. The standard InChI is InChI=1S/C13H19FO3/c1-9-5-6-10(7-11(9)14)13(2,15)8-12(16-3)17-4/h5-7,12,15H,8H2,1-4H3. The van der Waals surface area contributed by atoms with E-state index in [4.69, 9.17) is 9.47 Å². The number of benzene rings is 1. The minimum Gasteiger partial charge on any atom is -0.385 e. The molecule has 0 aliphatic rings. The zero-order valence-electron chi connectivity index (χ0n) is 10.7. The molecule has 3 nitrogen and oxygen atoms in total. The molecule has 1 aromatic rings. The molecule has 1 unspecified atom stereocenters. The molecule has 1 aromatic carbocycles. The molecule has 0 aromatic heterocycles. The molecule has 0 spiro atoms. The number of hydrogen-bond donors (Lipinski definition) is 1. The highest BCUT2D eigenvalue weighted by atomic mass is 19.1. The maximum atomic E-state index is 13.4. The van der Waals surface area contributed by atoms with Crippen LogP contribution in [0.5, 0.6) is 0 Å². The summed E-state index contributed by atoms with van der Waals surface area (Å²) < 4.78 is 23.5. The zero-order chi connectivity index (χ0) is 13.1. The van der Waals surface area contributed by atoms with Crippen LogP contribution in [0.1, 0.15) is 24.5 Å². The van der Waals surface area contributed by atoms with Gasteiger partial charge in [0.1, 0.15) is 5.82 Å². The third-order valence-electron chi connectivity index (χ3n) is 2.88. The fraction of sp³-hybridized carbons (Fsp3) is 0.538. The van der Waals surface area contributed by atoms with Gasteiger partial charge in [0, 0.05) is 20.6 Å². The smallest absolute Gasteiger partial charge is 0.159 e. The van der Waals surface area contributed by atoms with Crippen molar-refractivity contribution in [2.45, 2.75) is 32.2 Å². The molecule has 0 saturated heterocycles. The van der Waals surface area contributed by atoms with Crippen LogP contribution in [0.3, 0.4) is 0 Å². The molecule has 1 N–H and O–H groups in total. The van der Waals surface area contributed by atoms with Crippen molar-refractivity contribution >= 4 is 0 Å². The van der Waals surface area contributed by atoms with E-state index in [-0.39, 0.29) is 12.2 Å². The van der Waals surface area contributed by atoms with Gasteiger partial charge in [-0.2, -0.15) is 0 Å². The minimum absolute atomic E-state index is 0.239. The highest BCUT2D eigenvalue weighted by Crippen LogP contribution is 2.28. The number of ether oxygens (including phenoxy) is 2. The van der Waals surface area contributed by atoms with Gasteiger partial charge >= 0.3 is 0 Å². The molecular weight excluding hydrogens is 223 g/mol. The van der Waals surface area contributed by atoms with Crippen molar-refractivity contribution in [1.82, 2.24) is 0 Å². The van der Waals surface area contributed by atoms with E-state index in [0.717, 1.165) is 0 Å². The van der Waals surface area contributed by atoms with Gasteiger partial charge in [0.2, 0.25) is 0 Å². The Bertz CT molecular complexity index is 373. The summed E-state index contributed by atoms with van der Waals surface area (Å²) in [7, 11) is 3.00. The molecule has 1 rings (SSSR count). The molecule has 4 heteroatoms. The molecule has 0 aliphatic heterocycles. The summed E-state index contributed by atoms with van der Waals surface area (Å²) in [5, 5.41) is 10.3. The number of aryl methyl sites for hydroxylation is 1. The average molecular weight is 242 g/mol. The van der Waals surface area contributed by atoms with Crippen LogP contribution in [0.4, 0.5) is 4.39 Å². The Balaban J connectivity index is 2.91. The van der Waals surface area contributed by atoms with Gasteiger partial charge in [0.05, 0.1) is 5.60 Å². The van der Waals surface area contributed by atoms with Crippen molar-refractivity contribution in [1.29, 1.82) is 0 Å². The second-order valence-electron chi connectivity index (χ2n) is 4.34. The number of halogens is 1. The van der Waals surface area contributed by atoms with Crippen LogP contribution in [0, 0.1) is 12.7 Å². The number of rotatable bonds is 5. The van der Waals surface area contributed by atoms with Crippen molar-refractivity contribution in [2.24, 2.45) is 0 Å². The Morgan fingerprint density at radius 3 is 2.41 bits per heavy atom. The van der Waals surface area contributed by atoms with Crippen LogP contribution >= 0.6 is 0 Å². The summed E-state index contributed by atoms with van der Waals surface area (Å²) in [6.07, 6.45) is -0.281. The van der Waals surface area contributed by atoms with Gasteiger partial charge in [-0.3, -0.25) is 0 Å². The average Bonchev–Trinajstić information content (AvgIpc) is 2.29. The Labute approximate surface area is 101 Å². The maximum absolute atomic E-state index is 13.4. The number of hydrogen-bond acceptors (Lipinski definition) is 3. The predicted octanol–water partition coefficient (Wildman–Crippen LogP) is 2.35. The lowest BCUT2D eigenvalue weighted by atomic mass is 9.91. The van der Waals surface area contributed by atoms with Crippen molar-refractivity contribution in [3.63, 3.8) is 0 Å². The van der Waals surface area contributed by atoms with Crippen molar-refractivity contribution in [3.05, 3.63) is 35.1 Å². The third-order valence-corrected chi connectivity index (χ3v) is 2.88. The lowest BCUT2D eigenvalue weighted by Gasteiger charge is -2.27. The number of methoxy groups -OCH3 is 2. The van der Waals surface area contributed by atoms with Crippen molar-refractivity contribution in [3.8, 4) is 0 Å². The summed E-state index contributed by atoms with van der Waals surface area (Å²) in [6.45, 7) is 3.29. The van der Waals surface area contributed by atoms with Crippen LogP contribution in [0.15, 0.2) is 18.2 Å². The fourth-order valence-corrected chi connectivity index (χ4v) is 1.63. The highest BCUT2D eigenvalue weighted by molar-refractivity contribution is 5.27. The van der Waals surface area contributed by atoms with E-state index in [9.17, 15) is 9.50 Å². The molecule has 0 bridgehead atoms. The molecule has 17 heavy (non-hydrogen) atoms. The largest absolute Gasteiger partial charge is 0.385 e. The van der Waals surface area contributed by atoms with Crippen molar-refractivity contribution < 1.29 is 19.0 Å². The van der Waals surface area contributed by atoms with E-state index < -0.39 is 11.9 Å². The topological polar surface area (TPSA) is 38.7 Å². The molecule has 1 atom stereocenters. The molecule has 0 aliphatic carbocycles. The quantitative estimate of drug-likeness (QED) is 0.805. The SMILES string of the molecule is COC(CC(C)(O)c1ccc(C)c(F)c1)OC. The normalized spacial score (nSPS) is 15.0. The van der Waals surface area contributed by atoms with Gasteiger partial charge in [-0.1, -0.05) is 12.1 Å². The summed E-state index contributed by atoms with van der Waals surface area (Å²) in [6, 6.07) is 4.70. The lowest BCUT2D eigenvalue weighted by Crippen LogP contribution is -2.29. The van der Waals surface area contributed by atoms with E-state index >= 15 is 0 Å². The van der Waals surface area contributed by atoms with E-state index in [2.05, 4.69) is 0 Å². The third kappa shape index (κ3) is 3.49. The van der Waals surface area contributed by atoms with E-state index in [1.165, 1.54) is 20.3 Å². The first kappa shape index (κ1) is 14.1. The van der Waals surface area contributed by atoms with Gasteiger partial charge < -0.3 is 14.6 Å². The van der Waals surface area contributed by atoms with Gasteiger partial charge in [0.25, 0.3) is 0 Å². The number of aliphatic hydroxyl groups is 1. The van der Waals surface area contributed by atoms with Crippen molar-refractivity contribution in [2.75, 3.05) is 14.2 Å². The first-order chi connectivity index (χ1) is 7.90. The van der Waals surface area contributed by atoms with E-state index in [0.29, 0.717) is 11.1 Å². The van der Waals surface area contributed by atoms with Crippen LogP contribution in [-0.4, -0.2) is 25.6 Å². The summed E-state index contributed by atoms with van der Waals surface area (Å²) in [5.41, 5.74) is -0.120. The Kier molecular flexibility index (Phi) is 4.62. The van der Waals surface area contributed by atoms with Crippen LogP contribution in [-0.2, 0) is 15.1 Å². The zero-order valence-corrected chi connectivity index (χ0v) is 10.7. The molecule has 0 fully saturated rings.